The summed E-state index contributed by atoms with van der Waals surface area (Å²) in [5.41, 5.74) is 2.64. The summed E-state index contributed by atoms with van der Waals surface area (Å²) in [6, 6.07) is 8.30. The first-order chi connectivity index (χ1) is 15.1. The smallest absolute Gasteiger partial charge is 0.220 e. The van der Waals surface area contributed by atoms with Crippen LogP contribution in [0.4, 0.5) is 0 Å². The quantitative estimate of drug-likeness (QED) is 0.240. The number of nitrogens with one attached hydrogen (secondary N) is 1. The molecule has 0 fully saturated rings. The van der Waals surface area contributed by atoms with Gasteiger partial charge in [-0.15, -0.1) is 0 Å². The van der Waals surface area contributed by atoms with E-state index in [0.717, 1.165) is 25.7 Å². The molecule has 0 saturated carbocycles. The molecule has 1 rings (SSSR count). The lowest BCUT2D eigenvalue weighted by atomic mass is 9.99. The van der Waals surface area contributed by atoms with E-state index in [4.69, 9.17) is 5.11 Å². The number of carbonyl (C=O) groups is 1. The number of hydrogen-bond acceptors (Lipinski definition) is 2. The van der Waals surface area contributed by atoms with Crippen LogP contribution in [0, 0.1) is 5.92 Å². The van der Waals surface area contributed by atoms with Crippen LogP contribution in [0.15, 0.2) is 60.7 Å². The fraction of sp³-hybridized carbons (Fsp3) is 0.536. The Morgan fingerprint density at radius 1 is 1.00 bits per heavy atom. The number of allylic oxidation sites excluding steroid dienone is 6. The van der Waals surface area contributed by atoms with Gasteiger partial charge < -0.3 is 10.4 Å². The number of aliphatic hydroxyl groups is 1. The molecule has 2 N–H and O–H groups in total. The number of hydrogen-bond donors (Lipinski definition) is 2. The van der Waals surface area contributed by atoms with Crippen LogP contribution in [0.1, 0.15) is 76.8 Å². The van der Waals surface area contributed by atoms with Crippen LogP contribution < -0.4 is 5.32 Å². The molecule has 0 aromatic heterocycles. The second-order valence-electron chi connectivity index (χ2n) is 8.40. The van der Waals surface area contributed by atoms with Gasteiger partial charge in [0, 0.05) is 12.5 Å². The van der Waals surface area contributed by atoms with E-state index in [2.05, 4.69) is 79.9 Å². The second kappa shape index (κ2) is 17.5. The van der Waals surface area contributed by atoms with Crippen molar-refractivity contribution in [2.75, 3.05) is 6.61 Å². The number of amides is 1. The number of carbonyl (C=O) groups excluding carboxylic acids is 1. The fourth-order valence-corrected chi connectivity index (χ4v) is 3.40. The topological polar surface area (TPSA) is 49.3 Å². The zero-order valence-corrected chi connectivity index (χ0v) is 19.9. The third-order valence-corrected chi connectivity index (χ3v) is 5.28. The van der Waals surface area contributed by atoms with Crippen molar-refractivity contribution in [3.8, 4) is 0 Å². The number of unbranched alkanes of at least 4 members (excludes halogenated alkanes) is 3. The largest absolute Gasteiger partial charge is 0.394 e. The van der Waals surface area contributed by atoms with Gasteiger partial charge >= 0.3 is 0 Å². The van der Waals surface area contributed by atoms with Crippen molar-refractivity contribution in [3.05, 3.63) is 71.8 Å². The minimum absolute atomic E-state index is 0.00995. The van der Waals surface area contributed by atoms with Crippen molar-refractivity contribution in [2.45, 2.75) is 84.6 Å². The average Bonchev–Trinajstić information content (AvgIpc) is 2.76. The minimum Gasteiger partial charge on any atom is -0.394 e. The molecule has 3 nitrogen and oxygen atoms in total. The summed E-state index contributed by atoms with van der Waals surface area (Å²) >= 11 is 0. The van der Waals surface area contributed by atoms with Crippen LogP contribution >= 0.6 is 0 Å². The minimum atomic E-state index is -0.177. The van der Waals surface area contributed by atoms with Crippen molar-refractivity contribution in [2.24, 2.45) is 5.92 Å². The summed E-state index contributed by atoms with van der Waals surface area (Å²) in [5.74, 6) is 0.504. The van der Waals surface area contributed by atoms with Crippen molar-refractivity contribution in [1.82, 2.24) is 5.32 Å². The van der Waals surface area contributed by atoms with Crippen LogP contribution in [0.25, 0.3) is 0 Å². The highest BCUT2D eigenvalue weighted by Crippen LogP contribution is 2.14. The van der Waals surface area contributed by atoms with Gasteiger partial charge in [-0.05, 0) is 62.5 Å². The molecule has 0 aliphatic carbocycles. The molecule has 172 valence electrons. The van der Waals surface area contributed by atoms with Crippen LogP contribution in [0.2, 0.25) is 0 Å². The Morgan fingerprint density at radius 3 is 2.48 bits per heavy atom. The highest BCUT2D eigenvalue weighted by atomic mass is 16.3. The van der Waals surface area contributed by atoms with Gasteiger partial charge in [0.05, 0.1) is 6.61 Å². The fourth-order valence-electron chi connectivity index (χ4n) is 3.40. The molecule has 31 heavy (non-hydrogen) atoms. The molecule has 3 heteroatoms. The van der Waals surface area contributed by atoms with Crippen molar-refractivity contribution >= 4 is 5.91 Å². The molecular formula is C28H43NO2. The molecule has 0 aliphatic heterocycles. The third-order valence-electron chi connectivity index (χ3n) is 5.28. The Kier molecular flexibility index (Phi) is 15.2. The molecule has 0 radical (unpaired) electrons. The SMILES string of the molecule is CCCCC/C=C\[C@H](C)/C=C\C/C=C\Cc1ccccc1CCCC(=O)N[C@H](C)CO. The van der Waals surface area contributed by atoms with Gasteiger partial charge in [0.15, 0.2) is 0 Å². The maximum Gasteiger partial charge on any atom is 0.220 e. The summed E-state index contributed by atoms with van der Waals surface area (Å²) in [4.78, 5) is 11.9. The molecule has 0 heterocycles. The highest BCUT2D eigenvalue weighted by Gasteiger charge is 2.07. The Labute approximate surface area is 190 Å². The summed E-state index contributed by atoms with van der Waals surface area (Å²) in [5, 5.41) is 11.8. The molecule has 0 unspecified atom stereocenters. The van der Waals surface area contributed by atoms with Crippen molar-refractivity contribution < 1.29 is 9.90 Å². The number of benzene rings is 1. The normalized spacial score (nSPS) is 13.9. The van der Waals surface area contributed by atoms with Gasteiger partial charge in [-0.3, -0.25) is 4.79 Å². The first kappa shape index (κ1) is 26.9. The lowest BCUT2D eigenvalue weighted by Gasteiger charge is -2.11. The van der Waals surface area contributed by atoms with E-state index in [9.17, 15) is 4.79 Å². The van der Waals surface area contributed by atoms with E-state index in [1.165, 1.54) is 36.8 Å². The van der Waals surface area contributed by atoms with Crippen LogP contribution in [0.3, 0.4) is 0 Å². The lowest BCUT2D eigenvalue weighted by Crippen LogP contribution is -2.34. The number of aryl methyl sites for hydroxylation is 1. The first-order valence-corrected chi connectivity index (χ1v) is 12.0. The molecule has 1 aromatic rings. The van der Waals surface area contributed by atoms with Crippen LogP contribution in [-0.2, 0) is 17.6 Å². The van der Waals surface area contributed by atoms with E-state index >= 15 is 0 Å². The Hall–Kier alpha value is -2.13. The Morgan fingerprint density at radius 2 is 1.74 bits per heavy atom. The monoisotopic (exact) mass is 425 g/mol. The maximum absolute atomic E-state index is 11.9. The Bertz CT molecular complexity index is 690. The zero-order chi connectivity index (χ0) is 22.7. The van der Waals surface area contributed by atoms with Gasteiger partial charge in [-0.2, -0.15) is 0 Å². The van der Waals surface area contributed by atoms with E-state index in [1.54, 1.807) is 6.92 Å². The number of rotatable bonds is 16. The van der Waals surface area contributed by atoms with Gasteiger partial charge in [0.2, 0.25) is 5.91 Å². The van der Waals surface area contributed by atoms with Crippen molar-refractivity contribution in [3.63, 3.8) is 0 Å². The molecule has 2 atom stereocenters. The van der Waals surface area contributed by atoms with Gasteiger partial charge in [0.1, 0.15) is 0 Å². The predicted molar refractivity (Wildman–Crippen MR) is 133 cm³/mol. The summed E-state index contributed by atoms with van der Waals surface area (Å²) in [6.07, 6.45) is 22.8. The Balaban J connectivity index is 2.35. The van der Waals surface area contributed by atoms with Gasteiger partial charge in [-0.1, -0.05) is 87.4 Å². The molecule has 1 amide bonds. The van der Waals surface area contributed by atoms with E-state index in [-0.39, 0.29) is 18.6 Å². The van der Waals surface area contributed by atoms with Crippen LogP contribution in [-0.4, -0.2) is 23.7 Å². The van der Waals surface area contributed by atoms with E-state index in [1.807, 2.05) is 0 Å². The highest BCUT2D eigenvalue weighted by molar-refractivity contribution is 5.76. The lowest BCUT2D eigenvalue weighted by molar-refractivity contribution is -0.122. The standard InChI is InChI=1S/C28H43NO2/c1-4-5-6-7-10-16-24(2)17-11-8-9-12-18-26-19-13-14-20-27(26)21-15-22-28(31)29-25(3)23-30/h9-14,16-17,19-20,24-25,30H,4-8,15,18,21-23H2,1-3H3,(H,29,31)/b12-9-,16-10-,17-11-/t24-,25+/m0/s1. The average molecular weight is 426 g/mol. The predicted octanol–water partition coefficient (Wildman–Crippen LogP) is 6.32. The second-order valence-corrected chi connectivity index (χ2v) is 8.40. The molecule has 0 saturated heterocycles. The molecule has 0 spiro atoms. The third kappa shape index (κ3) is 13.7. The molecule has 0 bridgehead atoms. The van der Waals surface area contributed by atoms with E-state index < -0.39 is 0 Å². The van der Waals surface area contributed by atoms with Crippen molar-refractivity contribution in [1.29, 1.82) is 0 Å². The molecule has 1 aromatic carbocycles. The van der Waals surface area contributed by atoms with Gasteiger partial charge in [-0.25, -0.2) is 0 Å². The molecular weight excluding hydrogens is 382 g/mol. The summed E-state index contributed by atoms with van der Waals surface area (Å²) in [6.45, 7) is 6.26. The number of aliphatic hydroxyl groups excluding tert-OH is 1. The summed E-state index contributed by atoms with van der Waals surface area (Å²) in [7, 11) is 0. The summed E-state index contributed by atoms with van der Waals surface area (Å²) < 4.78 is 0. The first-order valence-electron chi connectivity index (χ1n) is 12.0. The zero-order valence-electron chi connectivity index (χ0n) is 19.9. The van der Waals surface area contributed by atoms with Crippen LogP contribution in [0.5, 0.6) is 0 Å². The van der Waals surface area contributed by atoms with E-state index in [0.29, 0.717) is 12.3 Å². The molecule has 0 aliphatic rings. The maximum atomic E-state index is 11.9. The van der Waals surface area contributed by atoms with Gasteiger partial charge in [0.25, 0.3) is 0 Å².